The summed E-state index contributed by atoms with van der Waals surface area (Å²) in [6.07, 6.45) is 88.3. The Bertz CT molecular complexity index is 1820. The molecule has 0 aromatic carbocycles. The monoisotopic (exact) mass is 1150 g/mol. The lowest BCUT2D eigenvalue weighted by Crippen LogP contribution is -2.40. The van der Waals surface area contributed by atoms with Gasteiger partial charge in [0.25, 0.3) is 6.29 Å². The molecule has 9 heteroatoms. The number of carboxylic acid groups (broad SMARTS) is 1. The second-order valence-corrected chi connectivity index (χ2v) is 23.0. The number of esters is 2. The van der Waals surface area contributed by atoms with E-state index in [9.17, 15) is 19.5 Å². The van der Waals surface area contributed by atoms with Crippen LogP contribution >= 0.6 is 0 Å². The second kappa shape index (κ2) is 63.5. The van der Waals surface area contributed by atoms with Crippen molar-refractivity contribution >= 4 is 17.9 Å². The molecule has 0 aromatic heterocycles. The highest BCUT2D eigenvalue weighted by Gasteiger charge is 2.25. The fourth-order valence-corrected chi connectivity index (χ4v) is 8.80. The lowest BCUT2D eigenvalue weighted by molar-refractivity contribution is -0.870. The first kappa shape index (κ1) is 78.4. The van der Waals surface area contributed by atoms with E-state index < -0.39 is 24.3 Å². The maximum absolute atomic E-state index is 12.9. The molecule has 2 atom stereocenters. The summed E-state index contributed by atoms with van der Waals surface area (Å²) in [5.74, 6) is -2.05. The largest absolute Gasteiger partial charge is 0.477 e. The van der Waals surface area contributed by atoms with Gasteiger partial charge in [-0.05, 0) is 116 Å². The predicted molar refractivity (Wildman–Crippen MR) is 354 cm³/mol. The van der Waals surface area contributed by atoms with Crippen LogP contribution in [0.1, 0.15) is 258 Å². The van der Waals surface area contributed by atoms with Crippen molar-refractivity contribution in [1.82, 2.24) is 0 Å². The van der Waals surface area contributed by atoms with Gasteiger partial charge in [0.05, 0.1) is 34.4 Å². The molecular formula is C74H124NO8+. The first-order valence-corrected chi connectivity index (χ1v) is 33.3. The Hall–Kier alpha value is -4.57. The highest BCUT2D eigenvalue weighted by Crippen LogP contribution is 2.15. The molecule has 2 unspecified atom stereocenters. The molecule has 83 heavy (non-hydrogen) atoms. The van der Waals surface area contributed by atoms with Crippen molar-refractivity contribution in [3.8, 4) is 0 Å². The number of ether oxygens (including phenoxy) is 4. The zero-order valence-corrected chi connectivity index (χ0v) is 53.8. The fraction of sp³-hybridized carbons (Fsp3) is 0.662. The smallest absolute Gasteiger partial charge is 0.361 e. The lowest BCUT2D eigenvalue weighted by atomic mass is 10.0. The standard InChI is InChI=1S/C74H123NO8/c1-6-8-10-12-14-16-18-20-22-24-26-28-30-31-32-33-34-35-36-37-38-39-40-41-43-45-47-49-51-53-55-57-59-61-63-65-72(77)83-70(69-82-74(73(78)79)80-67-66-75(3,4)5)68-81-71(76)64-62-60-58-56-54-52-50-48-46-44-42-29-27-25-23-21-19-17-15-13-11-9-7-2/h8,10,14,16,20,22,25-28,31-32,34-35,37-38,40-41,45,47,51,53,70,74H,6-7,9,11-13,15,17-19,21,23-24,29-30,33,36,39,42-44,46,48-50,52,54-69H2,1-5H3/p+1/b10-8-,16-14-,22-20-,27-25-,28-26-,32-31-,35-34-,38-37-,41-40-,47-45-,53-51-. The van der Waals surface area contributed by atoms with Crippen molar-refractivity contribution < 1.29 is 42.9 Å². The van der Waals surface area contributed by atoms with Gasteiger partial charge in [0, 0.05) is 12.8 Å². The van der Waals surface area contributed by atoms with Crippen LogP contribution in [0.4, 0.5) is 0 Å². The molecule has 0 rings (SSSR count). The number of carbonyl (C=O) groups is 3. The van der Waals surface area contributed by atoms with Crippen LogP contribution in [0.3, 0.4) is 0 Å². The third-order valence-corrected chi connectivity index (χ3v) is 13.9. The van der Waals surface area contributed by atoms with Crippen LogP contribution in [0.15, 0.2) is 134 Å². The highest BCUT2D eigenvalue weighted by atomic mass is 16.7. The molecule has 0 aliphatic heterocycles. The number of likely N-dealkylation sites (N-methyl/N-ethyl adjacent to an activating group) is 1. The first-order valence-electron chi connectivity index (χ1n) is 33.3. The molecule has 1 N–H and O–H groups in total. The van der Waals surface area contributed by atoms with E-state index in [0.717, 1.165) is 109 Å². The van der Waals surface area contributed by atoms with E-state index in [1.165, 1.54) is 116 Å². The summed E-state index contributed by atoms with van der Waals surface area (Å²) in [5.41, 5.74) is 0. The molecule has 0 heterocycles. The van der Waals surface area contributed by atoms with E-state index in [1.807, 2.05) is 21.1 Å². The first-order chi connectivity index (χ1) is 40.6. The van der Waals surface area contributed by atoms with Gasteiger partial charge in [-0.1, -0.05) is 263 Å². The summed E-state index contributed by atoms with van der Waals surface area (Å²) in [6, 6.07) is 0. The van der Waals surface area contributed by atoms with E-state index in [4.69, 9.17) is 18.9 Å². The third kappa shape index (κ3) is 64.8. The van der Waals surface area contributed by atoms with Crippen molar-refractivity contribution in [2.24, 2.45) is 0 Å². The second-order valence-electron chi connectivity index (χ2n) is 23.0. The van der Waals surface area contributed by atoms with Crippen LogP contribution in [0, 0.1) is 0 Å². The summed E-state index contributed by atoms with van der Waals surface area (Å²) in [7, 11) is 5.96. The average molecular weight is 1160 g/mol. The SMILES string of the molecule is CC/C=C\C/C=C\C/C=C\C/C=C\C/C=C\C/C=C\C/C=C\C/C=C\C/C=C\C/C=C\CCCCCCC(=O)OC(COC(=O)CCCCCCCCCCCCC/C=C\CCCCCCCCCC)COC(OCC[N+](C)(C)C)C(=O)O. The Labute approximate surface area is 509 Å². The maximum atomic E-state index is 12.9. The summed E-state index contributed by atoms with van der Waals surface area (Å²) in [6.45, 7) is 4.73. The van der Waals surface area contributed by atoms with Gasteiger partial charge in [-0.3, -0.25) is 9.59 Å². The summed E-state index contributed by atoms with van der Waals surface area (Å²) < 4.78 is 22.9. The quantitative estimate of drug-likeness (QED) is 0.0211. The molecule has 0 aliphatic rings. The van der Waals surface area contributed by atoms with Crippen LogP contribution in [0.2, 0.25) is 0 Å². The molecule has 0 radical (unpaired) electrons. The van der Waals surface area contributed by atoms with Crippen molar-refractivity contribution in [3.63, 3.8) is 0 Å². The van der Waals surface area contributed by atoms with Gasteiger partial charge in [-0.25, -0.2) is 4.79 Å². The van der Waals surface area contributed by atoms with E-state index >= 15 is 0 Å². The number of hydrogen-bond donors (Lipinski definition) is 1. The molecular weight excluding hydrogens is 1030 g/mol. The molecule has 0 amide bonds. The molecule has 0 aliphatic carbocycles. The van der Waals surface area contributed by atoms with Gasteiger partial charge in [0.1, 0.15) is 13.2 Å². The Morgan fingerprint density at radius 1 is 0.373 bits per heavy atom. The summed E-state index contributed by atoms with van der Waals surface area (Å²) in [4.78, 5) is 37.6. The Balaban J connectivity index is 4.27. The van der Waals surface area contributed by atoms with Crippen LogP contribution in [0.25, 0.3) is 0 Å². The molecule has 0 fully saturated rings. The minimum Gasteiger partial charge on any atom is -0.477 e. The molecule has 0 spiro atoms. The summed E-state index contributed by atoms with van der Waals surface area (Å²) >= 11 is 0. The normalized spacial score (nSPS) is 13.6. The number of hydrogen-bond acceptors (Lipinski definition) is 7. The van der Waals surface area contributed by atoms with Gasteiger partial charge in [0.15, 0.2) is 6.10 Å². The zero-order chi connectivity index (χ0) is 60.5. The number of aliphatic carboxylic acids is 1. The number of carbonyl (C=O) groups excluding carboxylic acids is 2. The molecule has 9 nitrogen and oxygen atoms in total. The number of nitrogens with zero attached hydrogens (tertiary/aromatic N) is 1. The van der Waals surface area contributed by atoms with Crippen LogP contribution in [0.5, 0.6) is 0 Å². The van der Waals surface area contributed by atoms with Gasteiger partial charge in [-0.2, -0.15) is 0 Å². The van der Waals surface area contributed by atoms with E-state index in [0.29, 0.717) is 17.4 Å². The van der Waals surface area contributed by atoms with Gasteiger partial charge < -0.3 is 28.5 Å². The zero-order valence-electron chi connectivity index (χ0n) is 53.8. The van der Waals surface area contributed by atoms with Crippen molar-refractivity contribution in [2.45, 2.75) is 270 Å². The Kier molecular flexibility index (Phi) is 60.0. The van der Waals surface area contributed by atoms with Crippen molar-refractivity contribution in [2.75, 3.05) is 47.5 Å². The molecule has 0 saturated carbocycles. The minimum atomic E-state index is -1.53. The fourth-order valence-electron chi connectivity index (χ4n) is 8.80. The van der Waals surface area contributed by atoms with Crippen LogP contribution in [-0.4, -0.2) is 87.4 Å². The molecule has 0 aromatic rings. The minimum absolute atomic E-state index is 0.176. The molecule has 0 saturated heterocycles. The average Bonchev–Trinajstić information content (AvgIpc) is 3.46. The lowest BCUT2D eigenvalue weighted by Gasteiger charge is -2.25. The predicted octanol–water partition coefficient (Wildman–Crippen LogP) is 20.6. The van der Waals surface area contributed by atoms with Gasteiger partial charge >= 0.3 is 17.9 Å². The third-order valence-electron chi connectivity index (χ3n) is 13.9. The molecule has 0 bridgehead atoms. The number of quaternary nitrogens is 1. The summed E-state index contributed by atoms with van der Waals surface area (Å²) in [5, 5.41) is 9.73. The van der Waals surface area contributed by atoms with Gasteiger partial charge in [-0.15, -0.1) is 0 Å². The Morgan fingerprint density at radius 3 is 1.04 bits per heavy atom. The highest BCUT2D eigenvalue weighted by molar-refractivity contribution is 5.71. The van der Waals surface area contributed by atoms with E-state index in [2.05, 4.69) is 148 Å². The maximum Gasteiger partial charge on any atom is 0.361 e. The van der Waals surface area contributed by atoms with E-state index in [-0.39, 0.29) is 38.6 Å². The number of unbranched alkanes of at least 4 members (excludes halogenated alkanes) is 23. The van der Waals surface area contributed by atoms with Crippen molar-refractivity contribution in [3.05, 3.63) is 134 Å². The Morgan fingerprint density at radius 2 is 0.687 bits per heavy atom. The van der Waals surface area contributed by atoms with Gasteiger partial charge in [0.2, 0.25) is 0 Å². The number of rotatable bonds is 60. The number of carboxylic acids is 1. The molecule has 472 valence electrons. The van der Waals surface area contributed by atoms with Crippen molar-refractivity contribution in [1.29, 1.82) is 0 Å². The topological polar surface area (TPSA) is 108 Å². The van der Waals surface area contributed by atoms with E-state index in [1.54, 1.807) is 0 Å². The van der Waals surface area contributed by atoms with Crippen LogP contribution in [-0.2, 0) is 33.3 Å². The van der Waals surface area contributed by atoms with Crippen LogP contribution < -0.4 is 0 Å². The number of allylic oxidation sites excluding steroid dienone is 22.